The van der Waals surface area contributed by atoms with E-state index in [1.807, 2.05) is 14.0 Å². The molecular formula is C23H29FN4O4. The van der Waals surface area contributed by atoms with Gasteiger partial charge >= 0.3 is 6.03 Å². The highest BCUT2D eigenvalue weighted by atomic mass is 19.1. The number of ether oxygens (including phenoxy) is 1. The van der Waals surface area contributed by atoms with Gasteiger partial charge in [-0.05, 0) is 56.4 Å². The number of likely N-dealkylation sites (N-methyl/N-ethyl adjacent to an activating group) is 1. The fraction of sp³-hybridized carbons (Fsp3) is 0.391. The maximum Gasteiger partial charge on any atom is 0.323 e. The number of rotatable bonds is 6. The van der Waals surface area contributed by atoms with E-state index in [2.05, 4.69) is 16.0 Å². The van der Waals surface area contributed by atoms with Gasteiger partial charge in [0.1, 0.15) is 17.7 Å². The molecule has 3 rings (SSSR count). The quantitative estimate of drug-likeness (QED) is 0.549. The molecule has 172 valence electrons. The minimum atomic E-state index is -0.530. The SMILES string of the molecule is CNC[C@H]1Oc2ccc(NC(=O)Nc3ccc(F)cc3)cc2C(=O)N([C@H](C)CO)C[C@@H]1C. The largest absolute Gasteiger partial charge is 0.488 e. The van der Waals surface area contributed by atoms with E-state index in [1.54, 1.807) is 30.0 Å². The summed E-state index contributed by atoms with van der Waals surface area (Å²) >= 11 is 0. The topological polar surface area (TPSA) is 103 Å². The molecule has 3 atom stereocenters. The predicted molar refractivity (Wildman–Crippen MR) is 121 cm³/mol. The van der Waals surface area contributed by atoms with Crippen LogP contribution in [0.1, 0.15) is 24.2 Å². The number of carbonyl (C=O) groups excluding carboxylic acids is 2. The van der Waals surface area contributed by atoms with Gasteiger partial charge in [0.05, 0.1) is 18.2 Å². The summed E-state index contributed by atoms with van der Waals surface area (Å²) in [7, 11) is 1.84. The van der Waals surface area contributed by atoms with Gasteiger partial charge < -0.3 is 30.7 Å². The first-order valence-corrected chi connectivity index (χ1v) is 10.5. The van der Waals surface area contributed by atoms with Crippen LogP contribution in [0.2, 0.25) is 0 Å². The molecule has 4 N–H and O–H groups in total. The molecule has 9 heteroatoms. The van der Waals surface area contributed by atoms with Crippen molar-refractivity contribution in [3.05, 3.63) is 53.8 Å². The molecule has 2 aromatic rings. The predicted octanol–water partition coefficient (Wildman–Crippen LogP) is 2.91. The van der Waals surface area contributed by atoms with E-state index in [-0.39, 0.29) is 30.6 Å². The fourth-order valence-electron chi connectivity index (χ4n) is 3.57. The summed E-state index contributed by atoms with van der Waals surface area (Å²) in [6, 6.07) is 9.36. The van der Waals surface area contributed by atoms with Crippen molar-refractivity contribution >= 4 is 23.3 Å². The first-order chi connectivity index (χ1) is 15.3. The van der Waals surface area contributed by atoms with Crippen LogP contribution < -0.4 is 20.7 Å². The minimum Gasteiger partial charge on any atom is -0.488 e. The van der Waals surface area contributed by atoms with E-state index >= 15 is 0 Å². The number of nitrogens with one attached hydrogen (secondary N) is 3. The van der Waals surface area contributed by atoms with Crippen molar-refractivity contribution in [1.29, 1.82) is 0 Å². The lowest BCUT2D eigenvalue weighted by Crippen LogP contribution is -2.49. The Bertz CT molecular complexity index is 954. The first-order valence-electron chi connectivity index (χ1n) is 10.5. The second-order valence-corrected chi connectivity index (χ2v) is 7.98. The Morgan fingerprint density at radius 2 is 1.88 bits per heavy atom. The molecule has 0 bridgehead atoms. The van der Waals surface area contributed by atoms with Crippen LogP contribution in [0.3, 0.4) is 0 Å². The summed E-state index contributed by atoms with van der Waals surface area (Å²) in [6.07, 6.45) is -0.180. The molecule has 1 heterocycles. The van der Waals surface area contributed by atoms with Crippen LogP contribution >= 0.6 is 0 Å². The third-order valence-electron chi connectivity index (χ3n) is 5.43. The molecule has 0 saturated heterocycles. The van der Waals surface area contributed by atoms with Crippen molar-refractivity contribution in [1.82, 2.24) is 10.2 Å². The molecule has 0 saturated carbocycles. The van der Waals surface area contributed by atoms with Gasteiger partial charge in [-0.15, -0.1) is 0 Å². The van der Waals surface area contributed by atoms with E-state index in [1.165, 1.54) is 24.3 Å². The normalized spacial score (nSPS) is 19.3. The molecule has 8 nitrogen and oxygen atoms in total. The number of amides is 3. The maximum atomic E-state index is 13.3. The van der Waals surface area contributed by atoms with Crippen LogP contribution in [0.4, 0.5) is 20.6 Å². The van der Waals surface area contributed by atoms with E-state index < -0.39 is 11.8 Å². The van der Waals surface area contributed by atoms with Crippen LogP contribution in [0.15, 0.2) is 42.5 Å². The number of benzene rings is 2. The van der Waals surface area contributed by atoms with Gasteiger partial charge in [-0.3, -0.25) is 4.79 Å². The zero-order chi connectivity index (χ0) is 23.3. The number of anilines is 2. The number of fused-ring (bicyclic) bond motifs is 1. The highest BCUT2D eigenvalue weighted by Gasteiger charge is 2.32. The number of halogens is 1. The minimum absolute atomic E-state index is 0.0350. The standard InChI is InChI=1S/C23H29FN4O4/c1-14-12-28(15(2)13-29)22(30)19-10-18(8-9-20(19)32-21(14)11-25-3)27-23(31)26-17-6-4-16(24)5-7-17/h4-10,14-15,21,25,29H,11-13H2,1-3H3,(H2,26,27,31)/t14-,15+,21+/m0/s1. The molecule has 2 aromatic carbocycles. The number of hydrogen-bond donors (Lipinski definition) is 4. The van der Waals surface area contributed by atoms with Crippen molar-refractivity contribution in [2.75, 3.05) is 37.4 Å². The Balaban J connectivity index is 1.86. The summed E-state index contributed by atoms with van der Waals surface area (Å²) < 4.78 is 19.2. The number of nitrogens with zero attached hydrogens (tertiary/aromatic N) is 1. The van der Waals surface area contributed by atoms with Crippen molar-refractivity contribution in [2.45, 2.75) is 26.0 Å². The fourth-order valence-corrected chi connectivity index (χ4v) is 3.57. The highest BCUT2D eigenvalue weighted by molar-refractivity contribution is 6.02. The molecule has 1 aliphatic rings. The average molecular weight is 445 g/mol. The van der Waals surface area contributed by atoms with Gasteiger partial charge in [0, 0.05) is 30.4 Å². The summed E-state index contributed by atoms with van der Waals surface area (Å²) in [4.78, 5) is 27.3. The van der Waals surface area contributed by atoms with E-state index in [9.17, 15) is 19.1 Å². The third-order valence-corrected chi connectivity index (χ3v) is 5.43. The number of aliphatic hydroxyl groups excluding tert-OH is 1. The Hall–Kier alpha value is -3.17. The first kappa shape index (κ1) is 23.5. The van der Waals surface area contributed by atoms with Gasteiger partial charge in [-0.2, -0.15) is 0 Å². The molecule has 0 unspecified atom stereocenters. The number of hydrogen-bond acceptors (Lipinski definition) is 5. The van der Waals surface area contributed by atoms with E-state index in [0.29, 0.717) is 35.8 Å². The average Bonchev–Trinajstić information content (AvgIpc) is 2.77. The van der Waals surface area contributed by atoms with Gasteiger partial charge in [0.2, 0.25) is 0 Å². The van der Waals surface area contributed by atoms with E-state index in [4.69, 9.17) is 4.74 Å². The summed E-state index contributed by atoms with van der Waals surface area (Å²) in [5.74, 6) is -0.225. The second-order valence-electron chi connectivity index (χ2n) is 7.98. The molecule has 0 fully saturated rings. The molecule has 0 aliphatic carbocycles. The van der Waals surface area contributed by atoms with Gasteiger partial charge in [0.15, 0.2) is 0 Å². The van der Waals surface area contributed by atoms with Crippen molar-refractivity contribution in [3.63, 3.8) is 0 Å². The van der Waals surface area contributed by atoms with E-state index in [0.717, 1.165) is 0 Å². The van der Waals surface area contributed by atoms with Crippen molar-refractivity contribution in [3.8, 4) is 5.75 Å². The van der Waals surface area contributed by atoms with Crippen LogP contribution in [-0.2, 0) is 0 Å². The molecule has 0 spiro atoms. The maximum absolute atomic E-state index is 13.3. The summed E-state index contributed by atoms with van der Waals surface area (Å²) in [5.41, 5.74) is 1.13. The smallest absolute Gasteiger partial charge is 0.323 e. The highest BCUT2D eigenvalue weighted by Crippen LogP contribution is 2.30. The number of carbonyl (C=O) groups is 2. The Morgan fingerprint density at radius 3 is 2.53 bits per heavy atom. The van der Waals surface area contributed by atoms with Crippen molar-refractivity contribution in [2.24, 2.45) is 5.92 Å². The molecule has 1 aliphatic heterocycles. The zero-order valence-electron chi connectivity index (χ0n) is 18.4. The van der Waals surface area contributed by atoms with Crippen LogP contribution in [0.5, 0.6) is 5.75 Å². The molecular weight excluding hydrogens is 415 g/mol. The van der Waals surface area contributed by atoms with Crippen LogP contribution in [0.25, 0.3) is 0 Å². The number of urea groups is 1. The lowest BCUT2D eigenvalue weighted by Gasteiger charge is -2.37. The second kappa shape index (κ2) is 10.4. The van der Waals surface area contributed by atoms with Gasteiger partial charge in [0.25, 0.3) is 5.91 Å². The van der Waals surface area contributed by atoms with Crippen LogP contribution in [-0.4, -0.2) is 60.8 Å². The van der Waals surface area contributed by atoms with Crippen molar-refractivity contribution < 1.29 is 23.8 Å². The Labute approximate surface area is 186 Å². The lowest BCUT2D eigenvalue weighted by atomic mass is 9.99. The summed E-state index contributed by atoms with van der Waals surface area (Å²) in [5, 5.41) is 18.1. The molecule has 32 heavy (non-hydrogen) atoms. The third kappa shape index (κ3) is 5.54. The molecule has 0 radical (unpaired) electrons. The Morgan fingerprint density at radius 1 is 1.22 bits per heavy atom. The van der Waals surface area contributed by atoms with Crippen LogP contribution in [0, 0.1) is 11.7 Å². The molecule has 0 aromatic heterocycles. The number of aliphatic hydroxyl groups is 1. The molecule has 3 amide bonds. The van der Waals surface area contributed by atoms with Gasteiger partial charge in [-0.25, -0.2) is 9.18 Å². The zero-order valence-corrected chi connectivity index (χ0v) is 18.4. The summed E-state index contributed by atoms with van der Waals surface area (Å²) in [6.45, 7) is 4.65. The monoisotopic (exact) mass is 444 g/mol. The Kier molecular flexibility index (Phi) is 7.66. The van der Waals surface area contributed by atoms with Gasteiger partial charge in [-0.1, -0.05) is 6.92 Å². The lowest BCUT2D eigenvalue weighted by molar-refractivity contribution is 0.0416.